The summed E-state index contributed by atoms with van der Waals surface area (Å²) in [6.45, 7) is 2.99. The average Bonchev–Trinajstić information content (AvgIpc) is 2.92. The first kappa shape index (κ1) is 15.2. The summed E-state index contributed by atoms with van der Waals surface area (Å²) in [6.07, 6.45) is 3.46. The van der Waals surface area contributed by atoms with Gasteiger partial charge in [-0.05, 0) is 25.0 Å². The summed E-state index contributed by atoms with van der Waals surface area (Å²) in [6, 6.07) is 3.27. The summed E-state index contributed by atoms with van der Waals surface area (Å²) in [7, 11) is 0. The third kappa shape index (κ3) is 3.48. The van der Waals surface area contributed by atoms with Gasteiger partial charge in [-0.3, -0.25) is 4.79 Å². The number of likely N-dealkylation sites (tertiary alicyclic amines) is 1. The first-order chi connectivity index (χ1) is 10.1. The van der Waals surface area contributed by atoms with E-state index in [4.69, 9.17) is 0 Å². The molecule has 1 aliphatic heterocycles. The van der Waals surface area contributed by atoms with Gasteiger partial charge in [-0.2, -0.15) is 10.2 Å². The van der Waals surface area contributed by atoms with Crippen molar-refractivity contribution in [2.45, 2.75) is 32.7 Å². The number of carboxylic acid groups (broad SMARTS) is 1. The standard InChI is InChI=1S/C14H20N4O3/c1-2-5-14(12(19)20)6-8-18(10-14)13(21)15-9-11-4-3-7-16-17-11/h3-4,7H,2,5-6,8-10H2,1H3,(H,15,21)(H,19,20). The number of nitrogens with zero attached hydrogens (tertiary/aromatic N) is 3. The van der Waals surface area contributed by atoms with Crippen LogP contribution in [0.15, 0.2) is 18.3 Å². The fraction of sp³-hybridized carbons (Fsp3) is 0.571. The van der Waals surface area contributed by atoms with Crippen LogP contribution >= 0.6 is 0 Å². The van der Waals surface area contributed by atoms with Crippen molar-refractivity contribution in [3.63, 3.8) is 0 Å². The summed E-state index contributed by atoms with van der Waals surface area (Å²) in [5.74, 6) is -0.812. The molecule has 114 valence electrons. The molecule has 7 heteroatoms. The maximum Gasteiger partial charge on any atom is 0.317 e. The quantitative estimate of drug-likeness (QED) is 0.852. The van der Waals surface area contributed by atoms with Crippen molar-refractivity contribution < 1.29 is 14.7 Å². The molecule has 0 saturated carbocycles. The summed E-state index contributed by atoms with van der Waals surface area (Å²) >= 11 is 0. The molecule has 2 N–H and O–H groups in total. The molecule has 0 radical (unpaired) electrons. The SMILES string of the molecule is CCCC1(C(=O)O)CCN(C(=O)NCc2cccnn2)C1. The maximum atomic E-state index is 12.1. The minimum atomic E-state index is -0.812. The number of rotatable bonds is 5. The van der Waals surface area contributed by atoms with E-state index in [0.717, 1.165) is 6.42 Å². The highest BCUT2D eigenvalue weighted by Crippen LogP contribution is 2.35. The lowest BCUT2D eigenvalue weighted by Gasteiger charge is -2.24. The smallest absolute Gasteiger partial charge is 0.317 e. The molecule has 1 aromatic heterocycles. The van der Waals surface area contributed by atoms with Gasteiger partial charge in [0, 0.05) is 19.3 Å². The number of carbonyl (C=O) groups is 2. The Balaban J connectivity index is 1.91. The summed E-state index contributed by atoms with van der Waals surface area (Å²) in [5, 5.41) is 19.8. The van der Waals surface area contributed by atoms with E-state index in [1.165, 1.54) is 0 Å². The van der Waals surface area contributed by atoms with Gasteiger partial charge in [-0.1, -0.05) is 13.3 Å². The second-order valence-corrected chi connectivity index (χ2v) is 5.38. The predicted molar refractivity (Wildman–Crippen MR) is 75.4 cm³/mol. The number of nitrogens with one attached hydrogen (secondary N) is 1. The minimum Gasteiger partial charge on any atom is -0.481 e. The van der Waals surface area contributed by atoms with E-state index in [1.807, 2.05) is 6.92 Å². The second-order valence-electron chi connectivity index (χ2n) is 5.38. The van der Waals surface area contributed by atoms with Crippen molar-refractivity contribution in [3.8, 4) is 0 Å². The molecule has 0 aromatic carbocycles. The van der Waals surface area contributed by atoms with E-state index in [-0.39, 0.29) is 19.1 Å². The Labute approximate surface area is 123 Å². The van der Waals surface area contributed by atoms with Crippen molar-refractivity contribution in [2.75, 3.05) is 13.1 Å². The third-order valence-corrected chi connectivity index (χ3v) is 3.87. The third-order valence-electron chi connectivity index (χ3n) is 3.87. The van der Waals surface area contributed by atoms with Crippen LogP contribution in [0.1, 0.15) is 31.9 Å². The van der Waals surface area contributed by atoms with Crippen molar-refractivity contribution in [2.24, 2.45) is 5.41 Å². The molecular formula is C14H20N4O3. The predicted octanol–water partition coefficient (Wildman–Crippen LogP) is 1.26. The molecular weight excluding hydrogens is 272 g/mol. The van der Waals surface area contributed by atoms with E-state index < -0.39 is 11.4 Å². The highest BCUT2D eigenvalue weighted by Gasteiger charge is 2.45. The largest absolute Gasteiger partial charge is 0.481 e. The Morgan fingerprint density at radius 2 is 2.33 bits per heavy atom. The first-order valence-corrected chi connectivity index (χ1v) is 7.10. The van der Waals surface area contributed by atoms with Gasteiger partial charge >= 0.3 is 12.0 Å². The Kier molecular flexibility index (Phi) is 4.72. The van der Waals surface area contributed by atoms with Crippen molar-refractivity contribution in [1.82, 2.24) is 20.4 Å². The van der Waals surface area contributed by atoms with Crippen LogP contribution in [-0.2, 0) is 11.3 Å². The molecule has 21 heavy (non-hydrogen) atoms. The van der Waals surface area contributed by atoms with Crippen LogP contribution in [0.25, 0.3) is 0 Å². The van der Waals surface area contributed by atoms with E-state index >= 15 is 0 Å². The molecule has 7 nitrogen and oxygen atoms in total. The first-order valence-electron chi connectivity index (χ1n) is 7.10. The summed E-state index contributed by atoms with van der Waals surface area (Å²) in [5.41, 5.74) is -0.123. The van der Waals surface area contributed by atoms with Crippen molar-refractivity contribution in [1.29, 1.82) is 0 Å². The Morgan fingerprint density at radius 3 is 2.95 bits per heavy atom. The number of amides is 2. The molecule has 1 atom stereocenters. The Hall–Kier alpha value is -2.18. The summed E-state index contributed by atoms with van der Waals surface area (Å²) in [4.78, 5) is 25.2. The lowest BCUT2D eigenvalue weighted by molar-refractivity contribution is -0.148. The van der Waals surface area contributed by atoms with Gasteiger partial charge < -0.3 is 15.3 Å². The molecule has 1 unspecified atom stereocenters. The molecule has 1 saturated heterocycles. The molecule has 2 rings (SSSR count). The lowest BCUT2D eigenvalue weighted by Crippen LogP contribution is -2.41. The number of hydrogen-bond acceptors (Lipinski definition) is 4. The number of carboxylic acids is 1. The Morgan fingerprint density at radius 1 is 1.52 bits per heavy atom. The van der Waals surface area contributed by atoms with Gasteiger partial charge in [-0.25, -0.2) is 4.79 Å². The Bertz CT molecular complexity index is 508. The zero-order valence-corrected chi connectivity index (χ0v) is 12.1. The monoisotopic (exact) mass is 292 g/mol. The number of hydrogen-bond donors (Lipinski definition) is 2. The van der Waals surface area contributed by atoms with Crippen LogP contribution in [-0.4, -0.2) is 45.3 Å². The van der Waals surface area contributed by atoms with Gasteiger partial charge in [-0.15, -0.1) is 0 Å². The van der Waals surface area contributed by atoms with Crippen LogP contribution in [0.4, 0.5) is 4.79 Å². The fourth-order valence-corrected chi connectivity index (χ4v) is 2.72. The highest BCUT2D eigenvalue weighted by molar-refractivity contribution is 5.79. The van der Waals surface area contributed by atoms with Gasteiger partial charge in [0.15, 0.2) is 0 Å². The van der Waals surface area contributed by atoms with Crippen molar-refractivity contribution in [3.05, 3.63) is 24.0 Å². The van der Waals surface area contributed by atoms with Crippen LogP contribution < -0.4 is 5.32 Å². The van der Waals surface area contributed by atoms with E-state index in [9.17, 15) is 14.7 Å². The average molecular weight is 292 g/mol. The van der Waals surface area contributed by atoms with E-state index in [0.29, 0.717) is 25.1 Å². The zero-order valence-electron chi connectivity index (χ0n) is 12.1. The van der Waals surface area contributed by atoms with Gasteiger partial charge in [0.05, 0.1) is 17.7 Å². The fourth-order valence-electron chi connectivity index (χ4n) is 2.72. The zero-order chi connectivity index (χ0) is 15.3. The molecule has 2 amide bonds. The normalized spacial score (nSPS) is 21.3. The van der Waals surface area contributed by atoms with Crippen LogP contribution in [0, 0.1) is 5.41 Å². The number of aromatic nitrogens is 2. The molecule has 2 heterocycles. The summed E-state index contributed by atoms with van der Waals surface area (Å²) < 4.78 is 0. The molecule has 1 fully saturated rings. The molecule has 0 bridgehead atoms. The van der Waals surface area contributed by atoms with Gasteiger partial charge in [0.2, 0.25) is 0 Å². The number of aliphatic carboxylic acids is 1. The molecule has 1 aromatic rings. The van der Waals surface area contributed by atoms with Gasteiger partial charge in [0.1, 0.15) is 0 Å². The van der Waals surface area contributed by atoms with Crippen LogP contribution in [0.3, 0.4) is 0 Å². The maximum absolute atomic E-state index is 12.1. The highest BCUT2D eigenvalue weighted by atomic mass is 16.4. The van der Waals surface area contributed by atoms with Crippen molar-refractivity contribution >= 4 is 12.0 Å². The van der Waals surface area contributed by atoms with E-state index in [1.54, 1.807) is 23.2 Å². The second kappa shape index (κ2) is 6.51. The number of urea groups is 1. The molecule has 1 aliphatic rings. The topological polar surface area (TPSA) is 95.4 Å². The van der Waals surface area contributed by atoms with Gasteiger partial charge in [0.25, 0.3) is 0 Å². The lowest BCUT2D eigenvalue weighted by atomic mass is 9.83. The van der Waals surface area contributed by atoms with E-state index in [2.05, 4.69) is 15.5 Å². The number of carbonyl (C=O) groups excluding carboxylic acids is 1. The molecule has 0 aliphatic carbocycles. The van der Waals surface area contributed by atoms with Crippen LogP contribution in [0.5, 0.6) is 0 Å². The molecule has 0 spiro atoms. The minimum absolute atomic E-state index is 0.250. The van der Waals surface area contributed by atoms with Crippen LogP contribution in [0.2, 0.25) is 0 Å².